The van der Waals surface area contributed by atoms with E-state index in [0.29, 0.717) is 23.6 Å². The fourth-order valence-electron chi connectivity index (χ4n) is 3.09. The molecule has 3 rings (SSSR count). The number of benzene rings is 2. The molecule has 1 N–H and O–H groups in total. The molecule has 1 amide bonds. The normalized spacial score (nSPS) is 18.3. The molecule has 5 nitrogen and oxygen atoms in total. The van der Waals surface area contributed by atoms with Crippen molar-refractivity contribution in [2.24, 2.45) is 0 Å². The number of sulfonamides is 1. The SMILES string of the molecule is Cc1ccc(NC(=O)C2CCCCN2S(=O)(=O)c2ccc(F)cc2)cc1Cl. The Balaban J connectivity index is 1.85. The van der Waals surface area contributed by atoms with Crippen molar-refractivity contribution in [2.75, 3.05) is 11.9 Å². The third-order valence-corrected chi connectivity index (χ3v) is 6.95. The van der Waals surface area contributed by atoms with Gasteiger partial charge in [0, 0.05) is 17.3 Å². The fraction of sp³-hybridized carbons (Fsp3) is 0.316. The Morgan fingerprint density at radius 3 is 2.56 bits per heavy atom. The predicted octanol–water partition coefficient (Wildman–Crippen LogP) is 3.97. The molecule has 2 aromatic carbocycles. The lowest BCUT2D eigenvalue weighted by molar-refractivity contribution is -0.120. The number of aryl methyl sites for hydroxylation is 1. The Labute approximate surface area is 163 Å². The lowest BCUT2D eigenvalue weighted by Gasteiger charge is -2.33. The maximum atomic E-state index is 13.1. The molecule has 0 aromatic heterocycles. The van der Waals surface area contributed by atoms with Crippen LogP contribution in [0.15, 0.2) is 47.4 Å². The van der Waals surface area contributed by atoms with Crippen LogP contribution in [0.5, 0.6) is 0 Å². The number of piperidine rings is 1. The maximum Gasteiger partial charge on any atom is 0.243 e. The molecule has 1 atom stereocenters. The number of amides is 1. The zero-order valence-corrected chi connectivity index (χ0v) is 16.4. The molecule has 0 bridgehead atoms. The number of rotatable bonds is 4. The summed E-state index contributed by atoms with van der Waals surface area (Å²) in [6.45, 7) is 2.10. The average Bonchev–Trinajstić information content (AvgIpc) is 2.65. The van der Waals surface area contributed by atoms with Crippen LogP contribution in [0.25, 0.3) is 0 Å². The Kier molecular flexibility index (Phi) is 5.83. The summed E-state index contributed by atoms with van der Waals surface area (Å²) in [6.07, 6.45) is 1.84. The highest BCUT2D eigenvalue weighted by Crippen LogP contribution is 2.27. The van der Waals surface area contributed by atoms with Gasteiger partial charge in [-0.2, -0.15) is 4.31 Å². The predicted molar refractivity (Wildman–Crippen MR) is 103 cm³/mol. The van der Waals surface area contributed by atoms with Gasteiger partial charge in [0.15, 0.2) is 0 Å². The second-order valence-electron chi connectivity index (χ2n) is 6.53. The first kappa shape index (κ1) is 19.8. The highest BCUT2D eigenvalue weighted by Gasteiger charge is 2.37. The minimum absolute atomic E-state index is 0.0259. The molecule has 1 aliphatic rings. The summed E-state index contributed by atoms with van der Waals surface area (Å²) in [6, 6.07) is 8.94. The largest absolute Gasteiger partial charge is 0.325 e. The van der Waals surface area contributed by atoms with Crippen LogP contribution in [-0.2, 0) is 14.8 Å². The highest BCUT2D eigenvalue weighted by molar-refractivity contribution is 7.89. The van der Waals surface area contributed by atoms with Gasteiger partial charge in [-0.1, -0.05) is 24.1 Å². The summed E-state index contributed by atoms with van der Waals surface area (Å²) in [7, 11) is -3.90. The molecule has 0 saturated carbocycles. The number of carbonyl (C=O) groups excluding carboxylic acids is 1. The summed E-state index contributed by atoms with van der Waals surface area (Å²) in [5.74, 6) is -0.918. The first-order chi connectivity index (χ1) is 12.8. The van der Waals surface area contributed by atoms with Crippen LogP contribution in [0.4, 0.5) is 10.1 Å². The summed E-state index contributed by atoms with van der Waals surface area (Å²) in [5.41, 5.74) is 1.40. The summed E-state index contributed by atoms with van der Waals surface area (Å²) in [4.78, 5) is 12.8. The molecule has 0 spiro atoms. The first-order valence-corrected chi connectivity index (χ1v) is 10.5. The van der Waals surface area contributed by atoms with Crippen molar-refractivity contribution in [3.8, 4) is 0 Å². The lowest BCUT2D eigenvalue weighted by atomic mass is 10.0. The number of nitrogens with one attached hydrogen (secondary N) is 1. The molecule has 144 valence electrons. The van der Waals surface area contributed by atoms with Crippen LogP contribution in [0, 0.1) is 12.7 Å². The summed E-state index contributed by atoms with van der Waals surface area (Å²) >= 11 is 6.09. The number of hydrogen-bond donors (Lipinski definition) is 1. The van der Waals surface area contributed by atoms with Gasteiger partial charge in [-0.05, 0) is 61.7 Å². The van der Waals surface area contributed by atoms with E-state index >= 15 is 0 Å². The molecule has 1 fully saturated rings. The minimum atomic E-state index is -3.90. The topological polar surface area (TPSA) is 66.5 Å². The van der Waals surface area contributed by atoms with Gasteiger partial charge in [0.05, 0.1) is 4.90 Å². The van der Waals surface area contributed by atoms with E-state index in [1.807, 2.05) is 6.92 Å². The van der Waals surface area contributed by atoms with E-state index in [9.17, 15) is 17.6 Å². The van der Waals surface area contributed by atoms with Crippen molar-refractivity contribution >= 4 is 33.2 Å². The molecular weight excluding hydrogens is 391 g/mol. The van der Waals surface area contributed by atoms with Crippen molar-refractivity contribution in [2.45, 2.75) is 37.1 Å². The van der Waals surface area contributed by atoms with Gasteiger partial charge in [-0.15, -0.1) is 0 Å². The van der Waals surface area contributed by atoms with Gasteiger partial charge >= 0.3 is 0 Å². The molecule has 1 aliphatic heterocycles. The van der Waals surface area contributed by atoms with Crippen LogP contribution in [0.3, 0.4) is 0 Å². The highest BCUT2D eigenvalue weighted by atomic mass is 35.5. The molecule has 0 aliphatic carbocycles. The van der Waals surface area contributed by atoms with Gasteiger partial charge < -0.3 is 5.32 Å². The number of nitrogens with zero attached hydrogens (tertiary/aromatic N) is 1. The van der Waals surface area contributed by atoms with Gasteiger partial charge in [0.2, 0.25) is 15.9 Å². The molecule has 8 heteroatoms. The molecular formula is C19H20ClFN2O3S. The average molecular weight is 411 g/mol. The quantitative estimate of drug-likeness (QED) is 0.829. The monoisotopic (exact) mass is 410 g/mol. The molecule has 27 heavy (non-hydrogen) atoms. The molecule has 1 heterocycles. The smallest absolute Gasteiger partial charge is 0.243 e. The molecule has 2 aromatic rings. The van der Waals surface area contributed by atoms with Crippen LogP contribution < -0.4 is 5.32 Å². The van der Waals surface area contributed by atoms with Crippen LogP contribution in [0.2, 0.25) is 5.02 Å². The number of halogens is 2. The van der Waals surface area contributed by atoms with Crippen molar-refractivity contribution < 1.29 is 17.6 Å². The number of anilines is 1. The van der Waals surface area contributed by atoms with Crippen molar-refractivity contribution in [3.05, 3.63) is 58.9 Å². The van der Waals surface area contributed by atoms with E-state index in [1.165, 1.54) is 16.4 Å². The zero-order valence-electron chi connectivity index (χ0n) is 14.8. The van der Waals surface area contributed by atoms with Crippen molar-refractivity contribution in [1.82, 2.24) is 4.31 Å². The van der Waals surface area contributed by atoms with Gasteiger partial charge in [-0.3, -0.25) is 4.79 Å². The van der Waals surface area contributed by atoms with Crippen molar-refractivity contribution in [3.63, 3.8) is 0 Å². The fourth-order valence-corrected chi connectivity index (χ4v) is 4.93. The first-order valence-electron chi connectivity index (χ1n) is 8.63. The Bertz CT molecular complexity index is 948. The van der Waals surface area contributed by atoms with Crippen LogP contribution in [-0.4, -0.2) is 31.2 Å². The van der Waals surface area contributed by atoms with E-state index < -0.39 is 27.8 Å². The summed E-state index contributed by atoms with van der Waals surface area (Å²) < 4.78 is 40.3. The van der Waals surface area contributed by atoms with E-state index in [-0.39, 0.29) is 11.4 Å². The molecule has 1 saturated heterocycles. The van der Waals surface area contributed by atoms with E-state index in [0.717, 1.165) is 24.1 Å². The van der Waals surface area contributed by atoms with E-state index in [1.54, 1.807) is 18.2 Å². The summed E-state index contributed by atoms with van der Waals surface area (Å²) in [5, 5.41) is 3.27. The Morgan fingerprint density at radius 2 is 1.89 bits per heavy atom. The molecule has 0 radical (unpaired) electrons. The van der Waals surface area contributed by atoms with Crippen LogP contribution in [0.1, 0.15) is 24.8 Å². The lowest BCUT2D eigenvalue weighted by Crippen LogP contribution is -2.49. The van der Waals surface area contributed by atoms with Crippen molar-refractivity contribution in [1.29, 1.82) is 0 Å². The second-order valence-corrected chi connectivity index (χ2v) is 8.83. The van der Waals surface area contributed by atoms with E-state index in [4.69, 9.17) is 11.6 Å². The van der Waals surface area contributed by atoms with Gasteiger partial charge in [0.25, 0.3) is 0 Å². The Hall–Kier alpha value is -1.96. The third kappa shape index (κ3) is 4.31. The van der Waals surface area contributed by atoms with Gasteiger partial charge in [0.1, 0.15) is 11.9 Å². The number of carbonyl (C=O) groups is 1. The van der Waals surface area contributed by atoms with Crippen LogP contribution >= 0.6 is 11.6 Å². The second kappa shape index (κ2) is 7.96. The van der Waals surface area contributed by atoms with E-state index in [2.05, 4.69) is 5.32 Å². The molecule has 1 unspecified atom stereocenters. The van der Waals surface area contributed by atoms with Gasteiger partial charge in [-0.25, -0.2) is 12.8 Å². The Morgan fingerprint density at radius 1 is 1.19 bits per heavy atom. The zero-order chi connectivity index (χ0) is 19.6. The number of hydrogen-bond acceptors (Lipinski definition) is 3. The third-order valence-electron chi connectivity index (χ3n) is 4.62. The maximum absolute atomic E-state index is 13.1. The standard InChI is InChI=1S/C19H20ClFN2O3S/c1-13-5-8-15(12-17(13)20)22-19(24)18-4-2-3-11-23(18)27(25,26)16-9-6-14(21)7-10-16/h5-10,12,18H,2-4,11H2,1H3,(H,22,24). The minimum Gasteiger partial charge on any atom is -0.325 e.